The highest BCUT2D eigenvalue weighted by molar-refractivity contribution is 7.92. The summed E-state index contributed by atoms with van der Waals surface area (Å²) in [5.41, 5.74) is -4.36. The van der Waals surface area contributed by atoms with Gasteiger partial charge >= 0.3 is 6.18 Å². The fourth-order valence-corrected chi connectivity index (χ4v) is 7.42. The fourth-order valence-electron chi connectivity index (χ4n) is 4.55. The highest BCUT2D eigenvalue weighted by Gasteiger charge is 2.55. The summed E-state index contributed by atoms with van der Waals surface area (Å²) < 4.78 is 99.0. The second kappa shape index (κ2) is 12.3. The van der Waals surface area contributed by atoms with E-state index < -0.39 is 37.4 Å². The van der Waals surface area contributed by atoms with Crippen LogP contribution in [0.3, 0.4) is 0 Å². The second-order valence-corrected chi connectivity index (χ2v) is 14.5. The van der Waals surface area contributed by atoms with Crippen LogP contribution in [0.1, 0.15) is 42.9 Å². The molecule has 3 aromatic carbocycles. The summed E-state index contributed by atoms with van der Waals surface area (Å²) in [5.74, 6) is 4.31. The van der Waals surface area contributed by atoms with E-state index in [4.69, 9.17) is 0 Å². The number of nitrogens with zero attached hydrogens (tertiary/aromatic N) is 2. The van der Waals surface area contributed by atoms with Gasteiger partial charge in [-0.15, -0.1) is 0 Å². The lowest BCUT2D eigenvalue weighted by atomic mass is 9.89. The van der Waals surface area contributed by atoms with Crippen LogP contribution in [-0.2, 0) is 25.6 Å². The van der Waals surface area contributed by atoms with Gasteiger partial charge in [0.2, 0.25) is 15.6 Å². The van der Waals surface area contributed by atoms with Crippen molar-refractivity contribution in [2.45, 2.75) is 54.7 Å². The first-order chi connectivity index (χ1) is 20.1. The van der Waals surface area contributed by atoms with Crippen LogP contribution in [0.25, 0.3) is 0 Å². The van der Waals surface area contributed by atoms with E-state index in [1.807, 2.05) is 12.8 Å². The normalized spacial score (nSPS) is 15.4. The summed E-state index contributed by atoms with van der Waals surface area (Å²) >= 11 is 0. The molecule has 0 aromatic heterocycles. The predicted molar refractivity (Wildman–Crippen MR) is 158 cm³/mol. The van der Waals surface area contributed by atoms with Gasteiger partial charge in [0.05, 0.1) is 15.5 Å². The zero-order chi connectivity index (χ0) is 31.6. The molecule has 4 rings (SSSR count). The third-order valence-corrected chi connectivity index (χ3v) is 10.9. The van der Waals surface area contributed by atoms with Gasteiger partial charge in [-0.25, -0.2) is 21.1 Å². The molecule has 7 nitrogen and oxygen atoms in total. The van der Waals surface area contributed by atoms with Crippen molar-refractivity contribution >= 4 is 25.7 Å². The lowest BCUT2D eigenvalue weighted by Crippen LogP contribution is -2.42. The number of hydrogen-bond donors (Lipinski definition) is 1. The molecular weight excluding hydrogens is 601 g/mol. The highest BCUT2D eigenvalue weighted by atomic mass is 32.2. The van der Waals surface area contributed by atoms with Crippen LogP contribution in [0.5, 0.6) is 0 Å². The molecule has 0 amide bonds. The Hall–Kier alpha value is -3.37. The highest BCUT2D eigenvalue weighted by Crippen LogP contribution is 2.42. The summed E-state index contributed by atoms with van der Waals surface area (Å²) in [6, 6.07) is 16.5. The van der Waals surface area contributed by atoms with Crippen molar-refractivity contribution in [1.82, 2.24) is 4.31 Å². The van der Waals surface area contributed by atoms with Gasteiger partial charge in [0, 0.05) is 31.3 Å². The van der Waals surface area contributed by atoms with Gasteiger partial charge in [-0.3, -0.25) is 4.31 Å². The number of sulfonamides is 2. The first kappa shape index (κ1) is 32.5. The van der Waals surface area contributed by atoms with E-state index in [1.54, 1.807) is 18.2 Å². The van der Waals surface area contributed by atoms with Crippen LogP contribution in [0, 0.1) is 24.7 Å². The number of aryl methyl sites for hydroxylation is 1. The number of halogens is 3. The van der Waals surface area contributed by atoms with Crippen LogP contribution in [0.4, 0.5) is 18.9 Å². The van der Waals surface area contributed by atoms with E-state index in [-0.39, 0.29) is 45.6 Å². The molecule has 1 unspecified atom stereocenters. The summed E-state index contributed by atoms with van der Waals surface area (Å²) in [4.78, 5) is -0.158. The van der Waals surface area contributed by atoms with Crippen molar-refractivity contribution in [3.63, 3.8) is 0 Å². The van der Waals surface area contributed by atoms with Crippen LogP contribution >= 0.6 is 0 Å². The summed E-state index contributed by atoms with van der Waals surface area (Å²) in [7, 11) is -6.63. The minimum atomic E-state index is -5.28. The molecule has 43 heavy (non-hydrogen) atoms. The van der Waals surface area contributed by atoms with E-state index >= 15 is 0 Å². The van der Waals surface area contributed by atoms with E-state index in [0.29, 0.717) is 6.42 Å². The Morgan fingerprint density at radius 1 is 0.907 bits per heavy atom. The van der Waals surface area contributed by atoms with E-state index in [1.165, 1.54) is 56.4 Å². The molecule has 1 aliphatic rings. The van der Waals surface area contributed by atoms with E-state index in [2.05, 4.69) is 5.92 Å². The van der Waals surface area contributed by atoms with Crippen molar-refractivity contribution in [2.75, 3.05) is 24.4 Å². The van der Waals surface area contributed by atoms with Gasteiger partial charge in [0.1, 0.15) is 0 Å². The second-order valence-electron chi connectivity index (χ2n) is 10.6. The van der Waals surface area contributed by atoms with Crippen LogP contribution < -0.4 is 4.31 Å². The Bertz CT molecular complexity index is 1750. The van der Waals surface area contributed by atoms with Crippen LogP contribution in [-0.4, -0.2) is 52.6 Å². The molecule has 0 spiro atoms. The molecule has 0 radical (unpaired) electrons. The number of aliphatic hydroxyl groups is 1. The van der Waals surface area contributed by atoms with Gasteiger partial charge in [0.15, 0.2) is 0 Å². The van der Waals surface area contributed by atoms with Gasteiger partial charge < -0.3 is 5.11 Å². The van der Waals surface area contributed by atoms with Crippen molar-refractivity contribution in [3.05, 3.63) is 89.5 Å². The lowest BCUT2D eigenvalue weighted by molar-refractivity contribution is -0.241. The van der Waals surface area contributed by atoms with Gasteiger partial charge in [-0.2, -0.15) is 13.2 Å². The molecule has 1 N–H and O–H groups in total. The molecule has 0 heterocycles. The molecular formula is C31H33F3N2O5S2. The first-order valence-corrected chi connectivity index (χ1v) is 16.6. The molecule has 3 aromatic rings. The fraction of sp³-hybridized carbons (Fsp3) is 0.355. The Morgan fingerprint density at radius 3 is 2.16 bits per heavy atom. The van der Waals surface area contributed by atoms with Crippen molar-refractivity contribution < 1.29 is 35.1 Å². The SMILES string of the molecule is CCCN(C)S(=O)(=O)c1cccc(C#CC(O)(c2cc(N(CC3CC3)S(=O)(=O)c3ccccc3)ccc2C)C(F)(F)F)c1. The smallest absolute Gasteiger partial charge is 0.366 e. The third-order valence-electron chi connectivity index (χ3n) is 7.23. The standard InChI is InChI=1S/C31H33F3N2O5S2/c1-4-19-35(3)42(38,39)28-12-8-9-24(20-28)17-18-30(37,31(32,33)34)29-21-26(16-13-23(29)2)36(22-25-14-15-25)43(40,41)27-10-6-5-7-11-27/h5-13,16,20-21,25,37H,4,14-15,19,22H2,1-3H3. The summed E-state index contributed by atoms with van der Waals surface area (Å²) in [6.07, 6.45) is -3.13. The van der Waals surface area contributed by atoms with Gasteiger partial charge in [-0.05, 0) is 86.1 Å². The first-order valence-electron chi connectivity index (χ1n) is 13.7. The Kier molecular flexibility index (Phi) is 9.32. The maximum absolute atomic E-state index is 14.6. The Labute approximate surface area is 251 Å². The average molecular weight is 635 g/mol. The molecule has 230 valence electrons. The summed E-state index contributed by atoms with van der Waals surface area (Å²) in [5, 5.41) is 11.2. The lowest BCUT2D eigenvalue weighted by Gasteiger charge is -2.30. The van der Waals surface area contributed by atoms with Crippen molar-refractivity contribution in [2.24, 2.45) is 5.92 Å². The van der Waals surface area contributed by atoms with Crippen molar-refractivity contribution in [3.8, 4) is 11.8 Å². The maximum Gasteiger partial charge on any atom is 0.433 e. The van der Waals surface area contributed by atoms with Crippen LogP contribution in [0.2, 0.25) is 0 Å². The molecule has 12 heteroatoms. The number of alkyl halides is 3. The third kappa shape index (κ3) is 6.91. The topological polar surface area (TPSA) is 95.0 Å². The molecule has 0 bridgehead atoms. The quantitative estimate of drug-likeness (QED) is 0.300. The minimum absolute atomic E-state index is 0.0111. The molecule has 1 saturated carbocycles. The van der Waals surface area contributed by atoms with Crippen molar-refractivity contribution in [1.29, 1.82) is 0 Å². The molecule has 0 saturated heterocycles. The molecule has 1 atom stereocenters. The van der Waals surface area contributed by atoms with Gasteiger partial charge in [0.25, 0.3) is 10.0 Å². The van der Waals surface area contributed by atoms with E-state index in [0.717, 1.165) is 33.6 Å². The average Bonchev–Trinajstić information content (AvgIpc) is 3.79. The minimum Gasteiger partial charge on any atom is -0.366 e. The van der Waals surface area contributed by atoms with Crippen LogP contribution in [0.15, 0.2) is 82.6 Å². The number of rotatable bonds is 10. The molecule has 1 aliphatic carbocycles. The predicted octanol–water partition coefficient (Wildman–Crippen LogP) is 5.43. The largest absolute Gasteiger partial charge is 0.433 e. The maximum atomic E-state index is 14.6. The monoisotopic (exact) mass is 634 g/mol. The number of anilines is 1. The zero-order valence-electron chi connectivity index (χ0n) is 24.0. The Balaban J connectivity index is 1.81. The Morgan fingerprint density at radius 2 is 1.56 bits per heavy atom. The number of hydrogen-bond acceptors (Lipinski definition) is 5. The van der Waals surface area contributed by atoms with Gasteiger partial charge in [-0.1, -0.05) is 43.2 Å². The number of benzene rings is 3. The zero-order valence-corrected chi connectivity index (χ0v) is 25.6. The van der Waals surface area contributed by atoms with E-state index in [9.17, 15) is 35.1 Å². The molecule has 1 fully saturated rings. The summed E-state index contributed by atoms with van der Waals surface area (Å²) in [6.45, 7) is 3.50. The molecule has 0 aliphatic heterocycles.